The van der Waals surface area contributed by atoms with Crippen molar-refractivity contribution in [2.45, 2.75) is 0 Å². The molecule has 0 spiro atoms. The maximum absolute atomic E-state index is 6.97. The van der Waals surface area contributed by atoms with Crippen LogP contribution in [0.4, 0.5) is 0 Å². The van der Waals surface area contributed by atoms with E-state index in [2.05, 4.69) is 158 Å². The van der Waals surface area contributed by atoms with Gasteiger partial charge >= 0.3 is 0 Å². The first-order chi connectivity index (χ1) is 24.8. The summed E-state index contributed by atoms with van der Waals surface area (Å²) < 4.78 is 13.4. The molecule has 2 heterocycles. The summed E-state index contributed by atoms with van der Waals surface area (Å²) in [4.78, 5) is 0. The predicted molar refractivity (Wildman–Crippen MR) is 210 cm³/mol. The molecule has 0 radical (unpaired) electrons. The molecule has 0 fully saturated rings. The molecule has 2 heteroatoms. The molecule has 0 aliphatic rings. The van der Waals surface area contributed by atoms with Gasteiger partial charge in [0.2, 0.25) is 0 Å². The number of benzene rings is 9. The standard InChI is InChI=1S/C48H28O2/c1-2-14-31-29(13-1)27-41(33-16-4-3-15-32(31)33)48-47(40-22-10-12-24-43(40)50-48)46-38-20-7-5-18-36(38)45(37-19-6-8-21-39(37)46)30-25-26-35-34-17-9-11-23-42(34)49-44(35)28-30/h1-28H. The van der Waals surface area contributed by atoms with E-state index in [0.29, 0.717) is 0 Å². The van der Waals surface area contributed by atoms with Crippen LogP contribution in [0.5, 0.6) is 0 Å². The Hall–Kier alpha value is -6.64. The summed E-state index contributed by atoms with van der Waals surface area (Å²) in [5.74, 6) is 0.889. The first-order valence-electron chi connectivity index (χ1n) is 17.1. The van der Waals surface area contributed by atoms with E-state index in [1.54, 1.807) is 0 Å². The van der Waals surface area contributed by atoms with Crippen molar-refractivity contribution >= 4 is 76.0 Å². The van der Waals surface area contributed by atoms with Crippen molar-refractivity contribution in [2.24, 2.45) is 0 Å². The summed E-state index contributed by atoms with van der Waals surface area (Å²) >= 11 is 0. The van der Waals surface area contributed by atoms with Crippen LogP contribution in [0, 0.1) is 0 Å². The van der Waals surface area contributed by atoms with Gasteiger partial charge in [0.15, 0.2) is 0 Å². The van der Waals surface area contributed by atoms with Gasteiger partial charge in [0, 0.05) is 32.8 Å². The Kier molecular flexibility index (Phi) is 5.70. The summed E-state index contributed by atoms with van der Waals surface area (Å²) in [6.45, 7) is 0. The lowest BCUT2D eigenvalue weighted by atomic mass is 9.84. The molecule has 0 aliphatic carbocycles. The average Bonchev–Trinajstić information content (AvgIpc) is 3.75. The largest absolute Gasteiger partial charge is 0.456 e. The van der Waals surface area contributed by atoms with Crippen molar-refractivity contribution in [3.63, 3.8) is 0 Å². The summed E-state index contributed by atoms with van der Waals surface area (Å²) in [6.07, 6.45) is 0. The summed E-state index contributed by atoms with van der Waals surface area (Å²) in [6, 6.07) is 60.7. The Bertz CT molecular complexity index is 3100. The zero-order valence-corrected chi connectivity index (χ0v) is 27.0. The van der Waals surface area contributed by atoms with E-state index in [0.717, 1.165) is 55.4 Å². The van der Waals surface area contributed by atoms with Gasteiger partial charge in [-0.15, -0.1) is 0 Å². The maximum atomic E-state index is 6.97. The van der Waals surface area contributed by atoms with Gasteiger partial charge in [-0.2, -0.15) is 0 Å². The van der Waals surface area contributed by atoms with Crippen LogP contribution in [0.25, 0.3) is 110 Å². The van der Waals surface area contributed by atoms with E-state index in [-0.39, 0.29) is 0 Å². The van der Waals surface area contributed by atoms with Gasteiger partial charge in [0.1, 0.15) is 22.5 Å². The van der Waals surface area contributed by atoms with Gasteiger partial charge in [0.05, 0.1) is 0 Å². The van der Waals surface area contributed by atoms with E-state index in [1.165, 1.54) is 54.2 Å². The molecule has 11 aromatic rings. The van der Waals surface area contributed by atoms with Crippen LogP contribution >= 0.6 is 0 Å². The van der Waals surface area contributed by atoms with Crippen LogP contribution in [0.2, 0.25) is 0 Å². The highest BCUT2D eigenvalue weighted by molar-refractivity contribution is 6.26. The van der Waals surface area contributed by atoms with Gasteiger partial charge in [-0.25, -0.2) is 0 Å². The van der Waals surface area contributed by atoms with Crippen LogP contribution in [-0.4, -0.2) is 0 Å². The van der Waals surface area contributed by atoms with Gasteiger partial charge in [-0.1, -0.05) is 140 Å². The second-order valence-corrected chi connectivity index (χ2v) is 13.1. The van der Waals surface area contributed by atoms with Crippen molar-refractivity contribution in [3.8, 4) is 33.6 Å². The second-order valence-electron chi connectivity index (χ2n) is 13.1. The lowest BCUT2D eigenvalue weighted by Gasteiger charge is -2.18. The smallest absolute Gasteiger partial charge is 0.143 e. The molecular weight excluding hydrogens is 609 g/mol. The maximum Gasteiger partial charge on any atom is 0.143 e. The second kappa shape index (κ2) is 10.4. The van der Waals surface area contributed by atoms with E-state index < -0.39 is 0 Å². The minimum Gasteiger partial charge on any atom is -0.456 e. The third kappa shape index (κ3) is 3.85. The SMILES string of the molecule is c1ccc2c(c1)cc(-c1oc3ccccc3c1-c1c3ccccc3c(-c3ccc4c(c3)oc3ccccc34)c3ccccc13)c1ccccc12. The Morgan fingerprint density at radius 3 is 1.48 bits per heavy atom. The predicted octanol–water partition coefficient (Wildman–Crippen LogP) is 13.9. The number of hydrogen-bond acceptors (Lipinski definition) is 2. The molecule has 2 aromatic heterocycles. The van der Waals surface area contributed by atoms with E-state index in [4.69, 9.17) is 8.83 Å². The third-order valence-electron chi connectivity index (χ3n) is 10.5. The quantitative estimate of drug-likeness (QED) is 0.142. The number of hydrogen-bond donors (Lipinski definition) is 0. The molecule has 232 valence electrons. The number of rotatable bonds is 3. The minimum absolute atomic E-state index is 0.877. The topological polar surface area (TPSA) is 26.3 Å². The van der Waals surface area contributed by atoms with Crippen molar-refractivity contribution in [1.82, 2.24) is 0 Å². The molecule has 9 aromatic carbocycles. The fraction of sp³-hybridized carbons (Fsp3) is 0. The number of fused-ring (bicyclic) bond motifs is 9. The Morgan fingerprint density at radius 1 is 0.280 bits per heavy atom. The lowest BCUT2D eigenvalue weighted by Crippen LogP contribution is -1.92. The molecule has 11 rings (SSSR count). The number of furan rings is 2. The van der Waals surface area contributed by atoms with Crippen molar-refractivity contribution in [2.75, 3.05) is 0 Å². The highest BCUT2D eigenvalue weighted by Gasteiger charge is 2.25. The van der Waals surface area contributed by atoms with E-state index in [1.807, 2.05) is 12.1 Å². The van der Waals surface area contributed by atoms with Gasteiger partial charge in [-0.3, -0.25) is 0 Å². The zero-order valence-electron chi connectivity index (χ0n) is 27.0. The summed E-state index contributed by atoms with van der Waals surface area (Å²) in [7, 11) is 0. The third-order valence-corrected chi connectivity index (χ3v) is 10.5. The Balaban J connectivity index is 1.27. The first kappa shape index (κ1) is 27.3. The van der Waals surface area contributed by atoms with Gasteiger partial charge in [-0.05, 0) is 84.5 Å². The molecule has 0 atom stereocenters. The van der Waals surface area contributed by atoms with Crippen molar-refractivity contribution in [1.29, 1.82) is 0 Å². The monoisotopic (exact) mass is 636 g/mol. The average molecular weight is 637 g/mol. The molecule has 0 N–H and O–H groups in total. The first-order valence-corrected chi connectivity index (χ1v) is 17.1. The molecule has 0 saturated heterocycles. The summed E-state index contributed by atoms with van der Waals surface area (Å²) in [5.41, 5.74) is 8.41. The molecule has 50 heavy (non-hydrogen) atoms. The Morgan fingerprint density at radius 2 is 0.780 bits per heavy atom. The molecule has 0 unspecified atom stereocenters. The molecule has 0 saturated carbocycles. The molecule has 2 nitrogen and oxygen atoms in total. The molecule has 0 amide bonds. The van der Waals surface area contributed by atoms with E-state index >= 15 is 0 Å². The van der Waals surface area contributed by atoms with Crippen LogP contribution in [0.1, 0.15) is 0 Å². The minimum atomic E-state index is 0.877. The van der Waals surface area contributed by atoms with Crippen LogP contribution in [0.3, 0.4) is 0 Å². The Labute approximate surface area is 287 Å². The molecule has 0 bridgehead atoms. The number of para-hydroxylation sites is 2. The fourth-order valence-electron chi connectivity index (χ4n) is 8.32. The molecule has 0 aliphatic heterocycles. The highest BCUT2D eigenvalue weighted by atomic mass is 16.3. The highest BCUT2D eigenvalue weighted by Crippen LogP contribution is 2.51. The van der Waals surface area contributed by atoms with Crippen LogP contribution < -0.4 is 0 Å². The van der Waals surface area contributed by atoms with Crippen LogP contribution in [-0.2, 0) is 0 Å². The van der Waals surface area contributed by atoms with Crippen LogP contribution in [0.15, 0.2) is 179 Å². The normalized spacial score (nSPS) is 12.0. The fourth-order valence-corrected chi connectivity index (χ4v) is 8.32. The van der Waals surface area contributed by atoms with Gasteiger partial charge < -0.3 is 8.83 Å². The molecular formula is C48H28O2. The summed E-state index contributed by atoms with van der Waals surface area (Å²) in [5, 5.41) is 13.0. The van der Waals surface area contributed by atoms with Crippen molar-refractivity contribution in [3.05, 3.63) is 170 Å². The zero-order chi connectivity index (χ0) is 32.8. The van der Waals surface area contributed by atoms with Crippen molar-refractivity contribution < 1.29 is 8.83 Å². The van der Waals surface area contributed by atoms with Gasteiger partial charge in [0.25, 0.3) is 0 Å². The van der Waals surface area contributed by atoms with E-state index in [9.17, 15) is 0 Å². The lowest BCUT2D eigenvalue weighted by molar-refractivity contribution is 0.633.